The monoisotopic (exact) mass is 428 g/mol. The van der Waals surface area contributed by atoms with Gasteiger partial charge in [-0.15, -0.1) is 0 Å². The molecule has 170 valence electrons. The number of benzene rings is 2. The van der Waals surface area contributed by atoms with Gasteiger partial charge in [-0.1, -0.05) is 88.6 Å². The standard InChI is InChI=1S/C30H40N2/c1-4-6-8-9-10-12-15-25-18-20-26(21-19-25)30-28(16-11-7-5-2)23-29(32(30)31)27-17-13-14-24(3)22-27/h13-14,17-23H,4-12,15-16H2,1-3H3. The molecule has 0 bridgehead atoms. The van der Waals surface area contributed by atoms with Gasteiger partial charge in [0.1, 0.15) is 0 Å². The van der Waals surface area contributed by atoms with Crippen molar-refractivity contribution in [2.75, 3.05) is 0 Å². The van der Waals surface area contributed by atoms with Crippen molar-refractivity contribution in [2.45, 2.75) is 91.4 Å². The van der Waals surface area contributed by atoms with E-state index in [4.69, 9.17) is 0 Å². The molecule has 0 amide bonds. The zero-order valence-corrected chi connectivity index (χ0v) is 20.4. The summed E-state index contributed by atoms with van der Waals surface area (Å²) in [6.07, 6.45) is 15.9. The Morgan fingerprint density at radius 1 is 0.719 bits per heavy atom. The first kappa shape index (κ1) is 24.2. The summed E-state index contributed by atoms with van der Waals surface area (Å²) in [6.45, 7) is 6.60. The van der Waals surface area contributed by atoms with E-state index < -0.39 is 0 Å². The minimum absolute atomic E-state index is 0.881. The molecule has 2 aromatic carbocycles. The van der Waals surface area contributed by atoms with E-state index in [9.17, 15) is 5.53 Å². The van der Waals surface area contributed by atoms with Gasteiger partial charge in [-0.2, -0.15) is 0 Å². The molecule has 0 unspecified atom stereocenters. The minimum Gasteiger partial charge on any atom is -0.493 e. The number of unbranched alkanes of at least 4 members (excludes halogenated alkanes) is 7. The van der Waals surface area contributed by atoms with Gasteiger partial charge in [0.15, 0.2) is 0 Å². The first-order valence-electron chi connectivity index (χ1n) is 12.7. The Labute approximate surface area is 195 Å². The van der Waals surface area contributed by atoms with E-state index in [1.165, 1.54) is 72.8 Å². The predicted molar refractivity (Wildman–Crippen MR) is 137 cm³/mol. The summed E-state index contributed by atoms with van der Waals surface area (Å²) in [7, 11) is 0. The van der Waals surface area contributed by atoms with Gasteiger partial charge in [-0.25, -0.2) is 4.70 Å². The number of nitrogens with zero attached hydrogens (tertiary/aromatic N) is 2. The number of hydrogen-bond donors (Lipinski definition) is 0. The highest BCUT2D eigenvalue weighted by Crippen LogP contribution is 2.37. The number of rotatable bonds is 13. The average Bonchev–Trinajstić information content (AvgIpc) is 3.13. The van der Waals surface area contributed by atoms with Crippen molar-refractivity contribution in [1.29, 1.82) is 0 Å². The lowest BCUT2D eigenvalue weighted by molar-refractivity contribution is -0.344. The van der Waals surface area contributed by atoms with E-state index in [1.54, 1.807) is 0 Å². The van der Waals surface area contributed by atoms with Crippen LogP contribution in [0.25, 0.3) is 16.9 Å². The molecule has 2 nitrogen and oxygen atoms in total. The fourth-order valence-electron chi connectivity index (χ4n) is 4.56. The van der Waals surface area contributed by atoms with Gasteiger partial charge < -0.3 is 5.53 Å². The molecular weight excluding hydrogens is 388 g/mol. The van der Waals surface area contributed by atoms with E-state index in [2.05, 4.69) is 75.4 Å². The van der Waals surface area contributed by atoms with Crippen LogP contribution in [-0.4, -0.2) is 4.70 Å². The average molecular weight is 429 g/mol. The zero-order valence-electron chi connectivity index (χ0n) is 20.4. The van der Waals surface area contributed by atoms with Crippen LogP contribution in [0, 0.1) is 6.92 Å². The lowest BCUT2D eigenvalue weighted by Gasteiger charge is -2.11. The number of hydrogen-bond acceptors (Lipinski definition) is 0. The topological polar surface area (TPSA) is 25.3 Å². The third kappa shape index (κ3) is 6.51. The van der Waals surface area contributed by atoms with Crippen LogP contribution in [0.5, 0.6) is 0 Å². The Kier molecular flexibility index (Phi) is 9.46. The summed E-state index contributed by atoms with van der Waals surface area (Å²) in [4.78, 5) is 0. The summed E-state index contributed by atoms with van der Waals surface area (Å²) >= 11 is 0. The number of allylic oxidation sites excluding steroid dienone is 2. The third-order valence-corrected chi connectivity index (χ3v) is 6.46. The highest BCUT2D eigenvalue weighted by molar-refractivity contribution is 5.78. The molecule has 0 radical (unpaired) electrons. The molecule has 0 aliphatic carbocycles. The summed E-state index contributed by atoms with van der Waals surface area (Å²) in [5.74, 6) is 0. The van der Waals surface area contributed by atoms with Crippen molar-refractivity contribution in [2.24, 2.45) is 0 Å². The molecule has 2 heteroatoms. The van der Waals surface area contributed by atoms with Gasteiger partial charge in [0.2, 0.25) is 11.4 Å². The van der Waals surface area contributed by atoms with Crippen molar-refractivity contribution in [3.8, 4) is 0 Å². The molecule has 0 saturated heterocycles. The maximum Gasteiger partial charge on any atom is 0.210 e. The van der Waals surface area contributed by atoms with Crippen molar-refractivity contribution < 1.29 is 4.70 Å². The smallest absolute Gasteiger partial charge is 0.210 e. The summed E-state index contributed by atoms with van der Waals surface area (Å²) in [5, 5.41) is 0. The van der Waals surface area contributed by atoms with Crippen molar-refractivity contribution >= 4 is 11.4 Å². The second-order valence-electron chi connectivity index (χ2n) is 9.26. The van der Waals surface area contributed by atoms with Crippen LogP contribution in [0.1, 0.15) is 100 Å². The van der Waals surface area contributed by atoms with Crippen molar-refractivity contribution in [3.05, 3.63) is 88.0 Å². The summed E-state index contributed by atoms with van der Waals surface area (Å²) < 4.78 is 1.42. The SMILES string of the molecule is CCCCCCCCc1ccc(C2=C(CCCCC)C=C(c3cccc(C)c3)[N+]2=[N-])cc1. The molecule has 32 heavy (non-hydrogen) atoms. The van der Waals surface area contributed by atoms with Crippen LogP contribution < -0.4 is 0 Å². The molecule has 1 aliphatic heterocycles. The molecule has 0 spiro atoms. The molecule has 1 heterocycles. The van der Waals surface area contributed by atoms with Crippen LogP contribution in [-0.2, 0) is 6.42 Å². The quantitative estimate of drug-likeness (QED) is 0.224. The first-order chi connectivity index (χ1) is 15.6. The Morgan fingerprint density at radius 3 is 2.09 bits per heavy atom. The normalized spacial score (nSPS) is 13.7. The second kappa shape index (κ2) is 12.5. The maximum atomic E-state index is 11.2. The fraction of sp³-hybridized carbons (Fsp3) is 0.467. The van der Waals surface area contributed by atoms with E-state index >= 15 is 0 Å². The molecular formula is C30H40N2. The highest BCUT2D eigenvalue weighted by atomic mass is 15.2. The lowest BCUT2D eigenvalue weighted by Crippen LogP contribution is -2.02. The predicted octanol–water partition coefficient (Wildman–Crippen LogP) is 9.28. The van der Waals surface area contributed by atoms with Gasteiger partial charge in [-0.3, -0.25) is 0 Å². The van der Waals surface area contributed by atoms with E-state index in [1.807, 2.05) is 0 Å². The molecule has 3 rings (SSSR count). The van der Waals surface area contributed by atoms with E-state index in [-0.39, 0.29) is 0 Å². The van der Waals surface area contributed by atoms with Gasteiger partial charge in [0.25, 0.3) is 0 Å². The van der Waals surface area contributed by atoms with Gasteiger partial charge >= 0.3 is 0 Å². The van der Waals surface area contributed by atoms with Gasteiger partial charge in [0.05, 0.1) is 0 Å². The Balaban J connectivity index is 1.73. The summed E-state index contributed by atoms with van der Waals surface area (Å²) in [6, 6.07) is 17.3. The highest BCUT2D eigenvalue weighted by Gasteiger charge is 2.28. The fourth-order valence-corrected chi connectivity index (χ4v) is 4.56. The van der Waals surface area contributed by atoms with Crippen LogP contribution in [0.15, 0.2) is 60.2 Å². The van der Waals surface area contributed by atoms with Crippen molar-refractivity contribution in [1.82, 2.24) is 0 Å². The lowest BCUT2D eigenvalue weighted by atomic mass is 9.99. The van der Waals surface area contributed by atoms with Crippen LogP contribution in [0.4, 0.5) is 0 Å². The first-order valence-corrected chi connectivity index (χ1v) is 12.7. The molecule has 0 atom stereocenters. The molecule has 0 saturated carbocycles. The molecule has 0 N–H and O–H groups in total. The molecule has 2 aromatic rings. The largest absolute Gasteiger partial charge is 0.493 e. The summed E-state index contributed by atoms with van der Waals surface area (Å²) in [5.41, 5.74) is 19.0. The molecule has 0 fully saturated rings. The maximum absolute atomic E-state index is 11.2. The van der Waals surface area contributed by atoms with Gasteiger partial charge in [0, 0.05) is 22.8 Å². The van der Waals surface area contributed by atoms with Crippen LogP contribution in [0.2, 0.25) is 0 Å². The van der Waals surface area contributed by atoms with Crippen LogP contribution >= 0.6 is 0 Å². The van der Waals surface area contributed by atoms with E-state index in [0.717, 1.165) is 41.8 Å². The number of aryl methyl sites for hydroxylation is 2. The Hall–Kier alpha value is -2.48. The Bertz CT molecular complexity index is 947. The Morgan fingerprint density at radius 2 is 1.38 bits per heavy atom. The minimum atomic E-state index is 0.881. The zero-order chi connectivity index (χ0) is 22.8. The van der Waals surface area contributed by atoms with Crippen molar-refractivity contribution in [3.63, 3.8) is 0 Å². The van der Waals surface area contributed by atoms with Crippen LogP contribution in [0.3, 0.4) is 0 Å². The second-order valence-corrected chi connectivity index (χ2v) is 9.26. The molecule has 1 aliphatic rings. The van der Waals surface area contributed by atoms with E-state index in [0.29, 0.717) is 0 Å². The third-order valence-electron chi connectivity index (χ3n) is 6.46. The molecule has 0 aromatic heterocycles. The van der Waals surface area contributed by atoms with Gasteiger partial charge in [-0.05, 0) is 62.4 Å².